The van der Waals surface area contributed by atoms with E-state index in [-0.39, 0.29) is 18.1 Å². The van der Waals surface area contributed by atoms with Crippen LogP contribution in [0.15, 0.2) is 75.7 Å². The number of benzene rings is 3. The molecule has 0 aromatic heterocycles. The highest BCUT2D eigenvalue weighted by atomic mass is 79.9. The van der Waals surface area contributed by atoms with Gasteiger partial charge >= 0.3 is 11.9 Å². The van der Waals surface area contributed by atoms with Crippen LogP contribution in [0.25, 0.3) is 0 Å². The van der Waals surface area contributed by atoms with Crippen LogP contribution < -0.4 is 9.47 Å². The number of methoxy groups -OCH3 is 2. The van der Waals surface area contributed by atoms with Crippen molar-refractivity contribution in [3.8, 4) is 11.5 Å². The zero-order valence-corrected chi connectivity index (χ0v) is 21.1. The molecule has 0 unspecified atom stereocenters. The van der Waals surface area contributed by atoms with Gasteiger partial charge in [-0.25, -0.2) is 9.59 Å². The SMILES string of the molecule is COc1cc(C(=O)O)ccc1Br.COc1cc(C(=O)OCc2ccccc2)ccc1Br.[2H]CF. The quantitative estimate of drug-likeness (QED) is 0.330. The number of hydrogen-bond acceptors (Lipinski definition) is 5. The molecular formula is C24H23Br2FO6. The molecule has 0 heterocycles. The molecule has 176 valence electrons. The lowest BCUT2D eigenvalue weighted by atomic mass is 10.2. The third kappa shape index (κ3) is 9.23. The zero-order chi connectivity index (χ0) is 25.5. The van der Waals surface area contributed by atoms with E-state index in [1.807, 2.05) is 30.3 Å². The molecule has 1 N–H and O–H groups in total. The van der Waals surface area contributed by atoms with Crippen molar-refractivity contribution in [1.82, 2.24) is 0 Å². The summed E-state index contributed by atoms with van der Waals surface area (Å²) in [6.45, 7) is 0.262. The molecule has 0 amide bonds. The fraction of sp³-hybridized carbons (Fsp3) is 0.167. The summed E-state index contributed by atoms with van der Waals surface area (Å²) in [5, 5.41) is 8.62. The first-order valence-corrected chi connectivity index (χ1v) is 10.8. The van der Waals surface area contributed by atoms with Gasteiger partial charge in [0.1, 0.15) is 18.1 Å². The number of ether oxygens (including phenoxy) is 3. The van der Waals surface area contributed by atoms with E-state index in [0.29, 0.717) is 17.1 Å². The summed E-state index contributed by atoms with van der Waals surface area (Å²) in [7, 11) is 2.05. The second-order valence-corrected chi connectivity index (χ2v) is 7.77. The molecule has 0 aliphatic heterocycles. The molecule has 0 aliphatic rings. The van der Waals surface area contributed by atoms with Crippen LogP contribution in [0.3, 0.4) is 0 Å². The van der Waals surface area contributed by atoms with Gasteiger partial charge in [0.15, 0.2) is 0 Å². The molecule has 0 fully saturated rings. The standard InChI is InChI=1S/C15H13BrO3.C8H7BrO3.CH3F/c1-18-14-9-12(7-8-13(14)16)15(17)19-10-11-5-3-2-4-6-11;1-12-7-4-5(8(10)11)2-3-6(7)9;1-2/h2-9H,10H2,1H3;2-4H,1H3,(H,10,11);1H3/i;;1D. The molecule has 0 spiro atoms. The number of alkyl halides is 1. The van der Waals surface area contributed by atoms with Crippen LogP contribution in [0.5, 0.6) is 11.5 Å². The lowest BCUT2D eigenvalue weighted by molar-refractivity contribution is 0.0472. The van der Waals surface area contributed by atoms with Gasteiger partial charge in [0.2, 0.25) is 0 Å². The van der Waals surface area contributed by atoms with E-state index in [9.17, 15) is 14.0 Å². The van der Waals surface area contributed by atoms with E-state index in [2.05, 4.69) is 31.9 Å². The van der Waals surface area contributed by atoms with Crippen molar-refractivity contribution in [2.75, 3.05) is 21.4 Å². The maximum Gasteiger partial charge on any atom is 0.338 e. The Balaban J connectivity index is 0.000000330. The number of carbonyl (C=O) groups is 2. The third-order valence-corrected chi connectivity index (χ3v) is 5.31. The number of rotatable bonds is 6. The molecule has 3 rings (SSSR count). The first kappa shape index (κ1) is 26.3. The van der Waals surface area contributed by atoms with Gasteiger partial charge in [-0.1, -0.05) is 30.3 Å². The van der Waals surface area contributed by atoms with Crippen molar-refractivity contribution < 1.29 is 34.7 Å². The molecule has 0 saturated carbocycles. The summed E-state index contributed by atoms with van der Waals surface area (Å²) < 4.78 is 32.4. The van der Waals surface area contributed by atoms with Crippen molar-refractivity contribution in [2.24, 2.45) is 0 Å². The van der Waals surface area contributed by atoms with Crippen LogP contribution in [0.2, 0.25) is 0 Å². The van der Waals surface area contributed by atoms with Gasteiger partial charge in [-0.3, -0.25) is 4.39 Å². The Morgan fingerprint density at radius 3 is 1.88 bits per heavy atom. The number of esters is 1. The van der Waals surface area contributed by atoms with Gasteiger partial charge < -0.3 is 19.3 Å². The first-order chi connectivity index (χ1) is 16.3. The summed E-state index contributed by atoms with van der Waals surface area (Å²) in [6.07, 6.45) is 0. The lowest BCUT2D eigenvalue weighted by Gasteiger charge is -2.07. The molecule has 0 aliphatic carbocycles. The average molecular weight is 587 g/mol. The normalized spacial score (nSPS) is 9.79. The molecule has 3 aromatic carbocycles. The molecule has 9 heteroatoms. The van der Waals surface area contributed by atoms with Gasteiger partial charge in [-0.05, 0) is 73.8 Å². The van der Waals surface area contributed by atoms with Crippen molar-refractivity contribution in [1.29, 1.82) is 0 Å². The second-order valence-electron chi connectivity index (χ2n) is 6.07. The van der Waals surface area contributed by atoms with E-state index in [1.165, 1.54) is 19.2 Å². The van der Waals surface area contributed by atoms with Crippen LogP contribution in [0.4, 0.5) is 4.39 Å². The largest absolute Gasteiger partial charge is 0.496 e. The molecule has 0 saturated heterocycles. The van der Waals surface area contributed by atoms with Gasteiger partial charge in [0.25, 0.3) is 0 Å². The lowest BCUT2D eigenvalue weighted by Crippen LogP contribution is -2.05. The Morgan fingerprint density at radius 2 is 1.39 bits per heavy atom. The Morgan fingerprint density at radius 1 is 0.909 bits per heavy atom. The minimum absolute atomic E-state index is 0.218. The maximum atomic E-state index is 11.9. The van der Waals surface area contributed by atoms with E-state index >= 15 is 0 Å². The van der Waals surface area contributed by atoms with Gasteiger partial charge in [0.05, 0.1) is 42.8 Å². The van der Waals surface area contributed by atoms with Crippen LogP contribution in [-0.2, 0) is 11.3 Å². The molecule has 0 radical (unpaired) electrons. The topological polar surface area (TPSA) is 82.1 Å². The van der Waals surface area contributed by atoms with Gasteiger partial charge in [-0.2, -0.15) is 0 Å². The van der Waals surface area contributed by atoms with Crippen LogP contribution in [-0.4, -0.2) is 38.4 Å². The average Bonchev–Trinajstić information content (AvgIpc) is 2.84. The molecular weight excluding hydrogens is 563 g/mol. The van der Waals surface area contributed by atoms with Crippen LogP contribution >= 0.6 is 31.9 Å². The fourth-order valence-electron chi connectivity index (χ4n) is 2.39. The molecule has 0 atom stereocenters. The van der Waals surface area contributed by atoms with Crippen LogP contribution in [0, 0.1) is 0 Å². The highest BCUT2D eigenvalue weighted by molar-refractivity contribution is 9.10. The highest BCUT2D eigenvalue weighted by Gasteiger charge is 2.10. The van der Waals surface area contributed by atoms with Gasteiger partial charge in [0, 0.05) is 0 Å². The van der Waals surface area contributed by atoms with E-state index < -0.39 is 13.1 Å². The highest BCUT2D eigenvalue weighted by Crippen LogP contribution is 2.26. The van der Waals surface area contributed by atoms with Crippen LogP contribution in [0.1, 0.15) is 27.7 Å². The van der Waals surface area contributed by atoms with Crippen molar-refractivity contribution in [3.63, 3.8) is 0 Å². The summed E-state index contributed by atoms with van der Waals surface area (Å²) in [6, 6.07) is 19.3. The van der Waals surface area contributed by atoms with E-state index in [1.54, 1.807) is 31.4 Å². The number of carboxylic acids is 1. The minimum Gasteiger partial charge on any atom is -0.496 e. The number of halogens is 3. The Kier molecular flexibility index (Phi) is 12.0. The van der Waals surface area contributed by atoms with Crippen molar-refractivity contribution >= 4 is 43.8 Å². The molecule has 0 bridgehead atoms. The van der Waals surface area contributed by atoms with Crippen molar-refractivity contribution in [2.45, 2.75) is 6.61 Å². The molecule has 33 heavy (non-hydrogen) atoms. The number of aromatic carboxylic acids is 1. The Labute approximate surface area is 210 Å². The molecule has 6 nitrogen and oxygen atoms in total. The van der Waals surface area contributed by atoms with E-state index in [0.717, 1.165) is 14.5 Å². The summed E-state index contributed by atoms with van der Waals surface area (Å²) in [4.78, 5) is 22.4. The van der Waals surface area contributed by atoms with Gasteiger partial charge in [-0.15, -0.1) is 0 Å². The van der Waals surface area contributed by atoms with E-state index in [4.69, 9.17) is 20.7 Å². The smallest absolute Gasteiger partial charge is 0.338 e. The predicted molar refractivity (Wildman–Crippen MR) is 131 cm³/mol. The first-order valence-electron chi connectivity index (χ1n) is 9.94. The number of carboxylic acid groups (broad SMARTS) is 1. The number of carbonyl (C=O) groups excluding carboxylic acids is 1. The summed E-state index contributed by atoms with van der Waals surface area (Å²) in [5.74, 6) is -0.195. The monoisotopic (exact) mass is 585 g/mol. The fourth-order valence-corrected chi connectivity index (χ4v) is 3.20. The summed E-state index contributed by atoms with van der Waals surface area (Å²) >= 11 is 6.56. The zero-order valence-electron chi connectivity index (χ0n) is 18.9. The predicted octanol–water partition coefficient (Wildman–Crippen LogP) is 6.56. The number of hydrogen-bond donors (Lipinski definition) is 1. The maximum absolute atomic E-state index is 11.9. The Bertz CT molecular complexity index is 1070. The van der Waals surface area contributed by atoms with Crippen molar-refractivity contribution in [3.05, 3.63) is 92.4 Å². The third-order valence-electron chi connectivity index (χ3n) is 4.00. The minimum atomic E-state index is -1.00. The second kappa shape index (κ2) is 15.0. The Hall–Kier alpha value is -2.91. The summed E-state index contributed by atoms with van der Waals surface area (Å²) in [5.41, 5.74) is 1.64. The molecule has 3 aromatic rings.